The third kappa shape index (κ3) is 4.05. The third-order valence-electron chi connectivity index (χ3n) is 4.90. The molecule has 0 unspecified atom stereocenters. The molecule has 3 rings (SSSR count). The Morgan fingerprint density at radius 2 is 2.24 bits per heavy atom. The van der Waals surface area contributed by atoms with Crippen molar-refractivity contribution in [1.82, 2.24) is 4.57 Å². The van der Waals surface area contributed by atoms with Crippen LogP contribution in [0.3, 0.4) is 0 Å². The number of rotatable bonds is 5. The van der Waals surface area contributed by atoms with E-state index < -0.39 is 11.5 Å². The molecule has 1 atom stereocenters. The van der Waals surface area contributed by atoms with Crippen LogP contribution in [-0.4, -0.2) is 41.7 Å². The molecule has 0 bridgehead atoms. The van der Waals surface area contributed by atoms with Crippen LogP contribution in [0, 0.1) is 18.3 Å². The molecule has 1 saturated heterocycles. The highest BCUT2D eigenvalue weighted by atomic mass is 16.5. The van der Waals surface area contributed by atoms with Crippen molar-refractivity contribution in [3.05, 3.63) is 56.9 Å². The normalized spacial score (nSPS) is 16.1. The van der Waals surface area contributed by atoms with E-state index in [-0.39, 0.29) is 35.2 Å². The Hall–Kier alpha value is -3.44. The molecule has 8 heteroatoms. The number of carbonyl (C=O) groups is 1. The van der Waals surface area contributed by atoms with Crippen molar-refractivity contribution in [3.63, 3.8) is 0 Å². The zero-order valence-corrected chi connectivity index (χ0v) is 16.2. The van der Waals surface area contributed by atoms with Crippen molar-refractivity contribution < 1.29 is 19.4 Å². The lowest BCUT2D eigenvalue weighted by Gasteiger charge is -2.17. The van der Waals surface area contributed by atoms with Gasteiger partial charge < -0.3 is 14.6 Å². The fourth-order valence-corrected chi connectivity index (χ4v) is 3.29. The molecule has 1 aliphatic heterocycles. The summed E-state index contributed by atoms with van der Waals surface area (Å²) in [6, 6.07) is 8.51. The first kappa shape index (κ1) is 20.3. The smallest absolute Gasteiger partial charge is 0.340 e. The molecule has 1 fully saturated rings. The van der Waals surface area contributed by atoms with Crippen molar-refractivity contribution in [2.24, 2.45) is 4.99 Å². The second-order valence-electron chi connectivity index (χ2n) is 6.67. The van der Waals surface area contributed by atoms with E-state index in [1.54, 1.807) is 31.2 Å². The van der Waals surface area contributed by atoms with Crippen LogP contribution in [0.15, 0.2) is 34.1 Å². The van der Waals surface area contributed by atoms with Crippen LogP contribution in [0.25, 0.3) is 0 Å². The summed E-state index contributed by atoms with van der Waals surface area (Å²) in [6.45, 7) is 2.33. The molecule has 150 valence electrons. The van der Waals surface area contributed by atoms with Crippen molar-refractivity contribution in [1.29, 1.82) is 5.26 Å². The van der Waals surface area contributed by atoms with E-state index in [0.717, 1.165) is 17.4 Å². The highest BCUT2D eigenvalue weighted by Gasteiger charge is 2.23. The number of hydrogen-bond donors (Lipinski definition) is 1. The number of para-hydroxylation sites is 1. The number of nitriles is 1. The molecule has 1 aromatic carbocycles. The summed E-state index contributed by atoms with van der Waals surface area (Å²) in [6.07, 6.45) is 2.81. The predicted molar refractivity (Wildman–Crippen MR) is 106 cm³/mol. The van der Waals surface area contributed by atoms with Gasteiger partial charge in [-0.3, -0.25) is 14.4 Å². The largest absolute Gasteiger partial charge is 0.494 e. The summed E-state index contributed by atoms with van der Waals surface area (Å²) in [4.78, 5) is 28.9. The number of esters is 1. The monoisotopic (exact) mass is 395 g/mol. The Labute approximate surface area is 167 Å². The number of aromatic nitrogens is 1. The zero-order valence-electron chi connectivity index (χ0n) is 16.2. The van der Waals surface area contributed by atoms with Crippen molar-refractivity contribution in [2.75, 3.05) is 13.7 Å². The Morgan fingerprint density at radius 3 is 2.90 bits per heavy atom. The van der Waals surface area contributed by atoms with Crippen LogP contribution >= 0.6 is 0 Å². The van der Waals surface area contributed by atoms with E-state index in [4.69, 9.17) is 9.47 Å². The Kier molecular flexibility index (Phi) is 6.10. The number of aliphatic imine (C=N–C) groups is 1. The molecule has 1 aliphatic rings. The number of carbonyl (C=O) groups excluding carboxylic acids is 1. The molecule has 0 saturated carbocycles. The topological polar surface area (TPSA) is 114 Å². The highest BCUT2D eigenvalue weighted by molar-refractivity contribution is 5.96. The maximum atomic E-state index is 12.7. The Morgan fingerprint density at radius 1 is 1.48 bits per heavy atom. The first-order valence-electron chi connectivity index (χ1n) is 9.17. The van der Waals surface area contributed by atoms with Gasteiger partial charge in [-0.1, -0.05) is 12.1 Å². The lowest BCUT2D eigenvalue weighted by atomic mass is 10.1. The molecule has 0 spiro atoms. The first-order chi connectivity index (χ1) is 14.0. The van der Waals surface area contributed by atoms with Gasteiger partial charge in [0.05, 0.1) is 36.6 Å². The van der Waals surface area contributed by atoms with E-state index in [2.05, 4.69) is 4.99 Å². The summed E-state index contributed by atoms with van der Waals surface area (Å²) < 4.78 is 11.5. The van der Waals surface area contributed by atoms with Gasteiger partial charge in [-0.25, -0.2) is 4.79 Å². The van der Waals surface area contributed by atoms with Gasteiger partial charge in [0.15, 0.2) is 0 Å². The maximum Gasteiger partial charge on any atom is 0.340 e. The van der Waals surface area contributed by atoms with Crippen LogP contribution in [0.2, 0.25) is 0 Å². The van der Waals surface area contributed by atoms with Gasteiger partial charge in [-0.2, -0.15) is 5.26 Å². The highest BCUT2D eigenvalue weighted by Crippen LogP contribution is 2.25. The zero-order chi connectivity index (χ0) is 21.0. The molecule has 0 amide bonds. The van der Waals surface area contributed by atoms with Crippen LogP contribution in [0.4, 0.5) is 5.69 Å². The van der Waals surface area contributed by atoms with Gasteiger partial charge in [0, 0.05) is 12.8 Å². The van der Waals surface area contributed by atoms with Crippen LogP contribution in [-0.2, 0) is 16.0 Å². The minimum atomic E-state index is -0.565. The fourth-order valence-electron chi connectivity index (χ4n) is 3.29. The second-order valence-corrected chi connectivity index (χ2v) is 6.67. The van der Waals surface area contributed by atoms with Crippen LogP contribution < -0.4 is 5.56 Å². The van der Waals surface area contributed by atoms with Gasteiger partial charge in [-0.05, 0) is 37.5 Å². The predicted octanol–water partition coefficient (Wildman–Crippen LogP) is 2.45. The van der Waals surface area contributed by atoms with E-state index in [9.17, 15) is 20.0 Å². The molecule has 1 N–H and O–H groups in total. The van der Waals surface area contributed by atoms with Crippen LogP contribution in [0.1, 0.15) is 39.9 Å². The molecular weight excluding hydrogens is 374 g/mol. The van der Waals surface area contributed by atoms with Gasteiger partial charge in [-0.15, -0.1) is 0 Å². The van der Waals surface area contributed by atoms with Crippen LogP contribution in [0.5, 0.6) is 5.88 Å². The van der Waals surface area contributed by atoms with E-state index >= 15 is 0 Å². The number of nitrogens with zero attached hydrogens (tertiary/aromatic N) is 3. The summed E-state index contributed by atoms with van der Waals surface area (Å²) in [5.74, 6) is -0.832. The minimum absolute atomic E-state index is 0.0662. The average Bonchev–Trinajstić information content (AvgIpc) is 3.24. The van der Waals surface area contributed by atoms with Crippen molar-refractivity contribution in [3.8, 4) is 11.9 Å². The van der Waals surface area contributed by atoms with E-state index in [1.807, 2.05) is 6.07 Å². The summed E-state index contributed by atoms with van der Waals surface area (Å²) in [5.41, 5.74) is 0.524. The Balaban J connectivity index is 2.08. The van der Waals surface area contributed by atoms with Gasteiger partial charge in [0.25, 0.3) is 5.56 Å². The number of pyridine rings is 1. The molecule has 29 heavy (non-hydrogen) atoms. The third-order valence-corrected chi connectivity index (χ3v) is 4.90. The maximum absolute atomic E-state index is 12.7. The van der Waals surface area contributed by atoms with Crippen molar-refractivity contribution >= 4 is 17.9 Å². The lowest BCUT2D eigenvalue weighted by Crippen LogP contribution is -2.29. The Bertz CT molecular complexity index is 1060. The number of ether oxygens (including phenoxy) is 2. The van der Waals surface area contributed by atoms with Crippen molar-refractivity contribution in [2.45, 2.75) is 32.4 Å². The summed E-state index contributed by atoms with van der Waals surface area (Å²) in [7, 11) is 1.28. The van der Waals surface area contributed by atoms with Gasteiger partial charge in [0.2, 0.25) is 5.88 Å². The number of methoxy groups -OCH3 is 1. The molecule has 8 nitrogen and oxygen atoms in total. The van der Waals surface area contributed by atoms with Gasteiger partial charge in [0.1, 0.15) is 11.6 Å². The average molecular weight is 395 g/mol. The van der Waals surface area contributed by atoms with E-state index in [1.165, 1.54) is 13.3 Å². The quantitative estimate of drug-likeness (QED) is 0.614. The molecular formula is C21H21N3O5. The molecule has 2 aromatic rings. The molecule has 2 heterocycles. The minimum Gasteiger partial charge on any atom is -0.494 e. The summed E-state index contributed by atoms with van der Waals surface area (Å²) >= 11 is 0. The lowest BCUT2D eigenvalue weighted by molar-refractivity contribution is 0.0601. The van der Waals surface area contributed by atoms with Gasteiger partial charge >= 0.3 is 5.97 Å². The number of hydrogen-bond acceptors (Lipinski definition) is 7. The SMILES string of the molecule is COC(=O)c1ccccc1N=Cc1c(C)c(C#N)c(=O)n(C[C@@H]2CCCO2)c1O. The molecule has 1 aromatic heterocycles. The van der Waals surface area contributed by atoms with E-state index in [0.29, 0.717) is 17.9 Å². The summed E-state index contributed by atoms with van der Waals surface area (Å²) in [5, 5.41) is 20.2. The number of aromatic hydroxyl groups is 1. The second kappa shape index (κ2) is 8.71. The molecule has 0 aliphatic carbocycles. The fraction of sp³-hybridized carbons (Fsp3) is 0.333. The first-order valence-corrected chi connectivity index (χ1v) is 9.17. The number of benzene rings is 1. The molecule has 0 radical (unpaired) electrons. The standard InChI is InChI=1S/C21H21N3O5/c1-13-16(10-22)19(25)24(12-14-6-5-9-29-14)20(26)17(13)11-23-18-8-4-3-7-15(18)21(27)28-2/h3-4,7-8,11,14,26H,5-6,9,12H2,1-2H3/t14-/m0/s1.